The van der Waals surface area contributed by atoms with E-state index in [0.29, 0.717) is 25.7 Å². The molecule has 0 saturated carbocycles. The van der Waals surface area contributed by atoms with Crippen LogP contribution in [0.4, 0.5) is 0 Å². The van der Waals surface area contributed by atoms with Crippen molar-refractivity contribution in [3.63, 3.8) is 0 Å². The largest absolute Gasteiger partial charge is 0.472 e. The number of ether oxygens (including phenoxy) is 4. The molecule has 0 amide bonds. The Morgan fingerprint density at radius 1 is 0.278 bits per heavy atom. The highest BCUT2D eigenvalue weighted by atomic mass is 31.2. The average Bonchev–Trinajstić information content (AvgIpc) is 1.03. The monoisotopic (exact) mass is 1420 g/mol. The number of carbonyl (C=O) groups excluding carboxylic acids is 4. The topological polar surface area (TPSA) is 237 Å². The number of phosphoric acid groups is 2. The van der Waals surface area contributed by atoms with E-state index in [1.165, 1.54) is 225 Å². The second kappa shape index (κ2) is 69.8. The number of hydrogen-bond acceptors (Lipinski definition) is 15. The molecule has 0 aliphatic rings. The zero-order valence-electron chi connectivity index (χ0n) is 63.4. The molecular weight excluding hydrogens is 1270 g/mol. The summed E-state index contributed by atoms with van der Waals surface area (Å²) >= 11 is 0. The van der Waals surface area contributed by atoms with Gasteiger partial charge in [-0.05, 0) is 37.5 Å². The molecule has 0 radical (unpaired) electrons. The number of rotatable bonds is 77. The van der Waals surface area contributed by atoms with Gasteiger partial charge < -0.3 is 33.8 Å². The van der Waals surface area contributed by atoms with E-state index < -0.39 is 97.5 Å². The predicted molar refractivity (Wildman–Crippen MR) is 395 cm³/mol. The fourth-order valence-electron chi connectivity index (χ4n) is 12.0. The molecule has 0 aromatic carbocycles. The lowest BCUT2D eigenvalue weighted by Crippen LogP contribution is -2.30. The van der Waals surface area contributed by atoms with Crippen LogP contribution in [0.2, 0.25) is 0 Å². The number of carbonyl (C=O) groups is 4. The summed E-state index contributed by atoms with van der Waals surface area (Å²) in [6, 6.07) is 0. The van der Waals surface area contributed by atoms with E-state index in [4.69, 9.17) is 37.0 Å². The summed E-state index contributed by atoms with van der Waals surface area (Å²) < 4.78 is 68.6. The van der Waals surface area contributed by atoms with Gasteiger partial charge in [-0.15, -0.1) is 0 Å². The molecule has 0 heterocycles. The molecular formula is C78H152O17P2. The maximum Gasteiger partial charge on any atom is 0.472 e. The molecule has 0 fully saturated rings. The van der Waals surface area contributed by atoms with E-state index in [1.54, 1.807) is 0 Å². The SMILES string of the molecule is CCCCCCCCCCCCCCCCCCCCC(=O)O[C@H](COC(=O)CCCCCCCCCCCCCCC(C)C)COP(=O)(O)OC[C@@H](O)COP(=O)(O)OC[C@@H](COC(=O)CCCCCCCCCCCCC)OC(=O)CCCCCCCCCCCCC(C)C. The number of aliphatic hydroxyl groups excluding tert-OH is 1. The Hall–Kier alpha value is -1.94. The Morgan fingerprint density at radius 2 is 0.474 bits per heavy atom. The van der Waals surface area contributed by atoms with Gasteiger partial charge in [0, 0.05) is 25.7 Å². The van der Waals surface area contributed by atoms with Gasteiger partial charge in [0.1, 0.15) is 19.3 Å². The zero-order valence-corrected chi connectivity index (χ0v) is 65.2. The van der Waals surface area contributed by atoms with Gasteiger partial charge in [-0.3, -0.25) is 37.3 Å². The first-order chi connectivity index (χ1) is 46.9. The standard InChI is InChI=1S/C78H152O17P2/c1-7-9-11-13-15-17-19-20-21-22-23-24-25-31-38-44-50-56-62-77(82)94-73(67-89-76(81)61-55-49-43-37-30-27-26-29-34-40-46-52-58-70(3)4)68-92-96(84,85)90-64-72(79)65-91-97(86,87)93-69-74(66-88-75(80)60-54-48-42-36-28-18-16-14-12-10-8-2)95-78(83)63-57-51-45-39-33-32-35-41-47-53-59-71(5)6/h70-74,79H,7-69H2,1-6H3,(H,84,85)(H,86,87)/t72-,73-,74-/m1/s1. The Labute approximate surface area is 594 Å². The van der Waals surface area contributed by atoms with Crippen molar-refractivity contribution in [3.05, 3.63) is 0 Å². The summed E-state index contributed by atoms with van der Waals surface area (Å²) in [5, 5.41) is 10.6. The molecule has 19 heteroatoms. The maximum absolute atomic E-state index is 13.1. The lowest BCUT2D eigenvalue weighted by molar-refractivity contribution is -0.161. The average molecular weight is 1420 g/mol. The van der Waals surface area contributed by atoms with Crippen molar-refractivity contribution < 1.29 is 80.2 Å². The normalized spacial score (nSPS) is 14.0. The number of unbranched alkanes of at least 4 members (excludes halogenated alkanes) is 47. The zero-order chi connectivity index (χ0) is 71.4. The van der Waals surface area contributed by atoms with Crippen molar-refractivity contribution in [2.45, 2.75) is 426 Å². The third kappa shape index (κ3) is 72.2. The van der Waals surface area contributed by atoms with Gasteiger partial charge in [-0.25, -0.2) is 9.13 Å². The van der Waals surface area contributed by atoms with Gasteiger partial charge in [0.25, 0.3) is 0 Å². The summed E-state index contributed by atoms with van der Waals surface area (Å²) in [5.41, 5.74) is 0. The fraction of sp³-hybridized carbons (Fsp3) is 0.949. The Bertz CT molecular complexity index is 1870. The van der Waals surface area contributed by atoms with Crippen LogP contribution in [0.1, 0.15) is 408 Å². The lowest BCUT2D eigenvalue weighted by Gasteiger charge is -2.21. The summed E-state index contributed by atoms with van der Waals surface area (Å²) in [5.74, 6) is -0.577. The van der Waals surface area contributed by atoms with Crippen molar-refractivity contribution in [1.82, 2.24) is 0 Å². The second-order valence-electron chi connectivity index (χ2n) is 29.1. The van der Waals surface area contributed by atoms with Crippen molar-refractivity contribution in [1.29, 1.82) is 0 Å². The van der Waals surface area contributed by atoms with Crippen molar-refractivity contribution in [2.75, 3.05) is 39.6 Å². The Balaban J connectivity index is 5.25. The first-order valence-electron chi connectivity index (χ1n) is 40.5. The van der Waals surface area contributed by atoms with Crippen molar-refractivity contribution >= 4 is 39.5 Å². The van der Waals surface area contributed by atoms with Crippen LogP contribution in [0.3, 0.4) is 0 Å². The van der Waals surface area contributed by atoms with Crippen molar-refractivity contribution in [3.8, 4) is 0 Å². The highest BCUT2D eigenvalue weighted by Crippen LogP contribution is 2.45. The highest BCUT2D eigenvalue weighted by Gasteiger charge is 2.30. The molecule has 0 aromatic heterocycles. The summed E-state index contributed by atoms with van der Waals surface area (Å²) in [6.45, 7) is 9.62. The van der Waals surface area contributed by atoms with E-state index in [-0.39, 0.29) is 25.7 Å². The van der Waals surface area contributed by atoms with Crippen LogP contribution in [-0.4, -0.2) is 96.7 Å². The van der Waals surface area contributed by atoms with Gasteiger partial charge in [0.15, 0.2) is 12.2 Å². The maximum atomic E-state index is 13.1. The quantitative estimate of drug-likeness (QED) is 0.0222. The lowest BCUT2D eigenvalue weighted by atomic mass is 10.0. The van der Waals surface area contributed by atoms with Crippen molar-refractivity contribution in [2.24, 2.45) is 11.8 Å². The van der Waals surface area contributed by atoms with Crippen LogP contribution in [0.25, 0.3) is 0 Å². The van der Waals surface area contributed by atoms with Crippen LogP contribution in [0.5, 0.6) is 0 Å². The van der Waals surface area contributed by atoms with Crippen LogP contribution in [0.15, 0.2) is 0 Å². The minimum Gasteiger partial charge on any atom is -0.462 e. The molecule has 17 nitrogen and oxygen atoms in total. The van der Waals surface area contributed by atoms with Gasteiger partial charge >= 0.3 is 39.5 Å². The number of esters is 4. The summed E-state index contributed by atoms with van der Waals surface area (Å²) in [4.78, 5) is 72.9. The molecule has 0 aliphatic carbocycles. The smallest absolute Gasteiger partial charge is 0.462 e. The van der Waals surface area contributed by atoms with Crippen LogP contribution in [0, 0.1) is 11.8 Å². The Morgan fingerprint density at radius 3 is 0.701 bits per heavy atom. The van der Waals surface area contributed by atoms with Gasteiger partial charge in [0.2, 0.25) is 0 Å². The fourth-order valence-corrected chi connectivity index (χ4v) is 13.6. The molecule has 0 saturated heterocycles. The van der Waals surface area contributed by atoms with Gasteiger partial charge in [0.05, 0.1) is 26.4 Å². The molecule has 0 rings (SSSR count). The first kappa shape index (κ1) is 95.1. The van der Waals surface area contributed by atoms with Gasteiger partial charge in [-0.1, -0.05) is 356 Å². The van der Waals surface area contributed by atoms with Gasteiger partial charge in [-0.2, -0.15) is 0 Å². The summed E-state index contributed by atoms with van der Waals surface area (Å²) in [6.07, 6.45) is 58.2. The van der Waals surface area contributed by atoms with Crippen LogP contribution >= 0.6 is 15.6 Å². The molecule has 5 atom stereocenters. The highest BCUT2D eigenvalue weighted by molar-refractivity contribution is 7.47. The third-order valence-corrected chi connectivity index (χ3v) is 20.1. The number of aliphatic hydroxyl groups is 1. The molecule has 97 heavy (non-hydrogen) atoms. The number of hydrogen-bond donors (Lipinski definition) is 3. The first-order valence-corrected chi connectivity index (χ1v) is 43.5. The minimum atomic E-state index is -4.96. The molecule has 0 aliphatic heterocycles. The molecule has 0 spiro atoms. The van der Waals surface area contributed by atoms with Crippen LogP contribution in [-0.2, 0) is 65.4 Å². The van der Waals surface area contributed by atoms with E-state index in [1.807, 2.05) is 0 Å². The molecule has 3 N–H and O–H groups in total. The predicted octanol–water partition coefficient (Wildman–Crippen LogP) is 23.1. The van der Waals surface area contributed by atoms with E-state index in [0.717, 1.165) is 102 Å². The summed E-state index contributed by atoms with van der Waals surface area (Å²) in [7, 11) is -9.91. The third-order valence-electron chi connectivity index (χ3n) is 18.2. The number of phosphoric ester groups is 2. The molecule has 576 valence electrons. The Kier molecular flexibility index (Phi) is 68.4. The minimum absolute atomic E-state index is 0.106. The van der Waals surface area contributed by atoms with E-state index >= 15 is 0 Å². The molecule has 0 bridgehead atoms. The second-order valence-corrected chi connectivity index (χ2v) is 32.0. The molecule has 0 aromatic rings. The van der Waals surface area contributed by atoms with E-state index in [2.05, 4.69) is 41.5 Å². The van der Waals surface area contributed by atoms with Crippen LogP contribution < -0.4 is 0 Å². The van der Waals surface area contributed by atoms with E-state index in [9.17, 15) is 43.2 Å². The molecule has 2 unspecified atom stereocenters.